The number of halogens is 1. The molecule has 6 rings (SSSR count). The number of fused-ring (bicyclic) bond motifs is 3. The normalized spacial score (nSPS) is 11.4. The van der Waals surface area contributed by atoms with E-state index in [0.717, 1.165) is 54.7 Å². The Labute approximate surface area is 186 Å². The SMILES string of the molecule is Brc1ccc(-c2nn(-c3ccccc3)c3c2c(-c2ccco2)nc2ccccc23)cc1. The second-order valence-corrected chi connectivity index (χ2v) is 8.20. The number of aromatic nitrogens is 3. The Balaban J connectivity index is 1.82. The highest BCUT2D eigenvalue weighted by molar-refractivity contribution is 9.10. The summed E-state index contributed by atoms with van der Waals surface area (Å²) >= 11 is 3.54. The van der Waals surface area contributed by atoms with E-state index in [-0.39, 0.29) is 0 Å². The van der Waals surface area contributed by atoms with Gasteiger partial charge in [-0.05, 0) is 42.5 Å². The molecule has 0 aliphatic rings. The molecule has 3 heterocycles. The standard InChI is InChI=1S/C26H16BrN3O/c27-18-14-12-17(13-15-18)24-23-25(22-11-6-16-31-22)28-21-10-5-4-9-20(21)26(23)30(29-24)19-7-2-1-3-8-19/h1-16H. The molecule has 0 fully saturated rings. The van der Waals surface area contributed by atoms with Crippen molar-refractivity contribution in [2.75, 3.05) is 0 Å². The minimum Gasteiger partial charge on any atom is -0.463 e. The van der Waals surface area contributed by atoms with Gasteiger partial charge in [-0.25, -0.2) is 9.67 Å². The summed E-state index contributed by atoms with van der Waals surface area (Å²) in [5, 5.41) is 7.12. The second-order valence-electron chi connectivity index (χ2n) is 7.28. The number of hydrogen-bond donors (Lipinski definition) is 0. The van der Waals surface area contributed by atoms with Crippen LogP contribution in [0.1, 0.15) is 0 Å². The van der Waals surface area contributed by atoms with Crippen LogP contribution in [-0.2, 0) is 0 Å². The molecule has 0 amide bonds. The molecule has 0 radical (unpaired) electrons. The van der Waals surface area contributed by atoms with E-state index in [1.165, 1.54) is 0 Å². The van der Waals surface area contributed by atoms with Crippen LogP contribution < -0.4 is 0 Å². The van der Waals surface area contributed by atoms with Crippen molar-refractivity contribution >= 4 is 37.7 Å². The number of furan rings is 1. The van der Waals surface area contributed by atoms with Crippen LogP contribution in [0.25, 0.3) is 50.2 Å². The van der Waals surface area contributed by atoms with Crippen LogP contribution in [0.3, 0.4) is 0 Å². The fraction of sp³-hybridized carbons (Fsp3) is 0. The summed E-state index contributed by atoms with van der Waals surface area (Å²) in [4.78, 5) is 5.00. The summed E-state index contributed by atoms with van der Waals surface area (Å²) in [7, 11) is 0. The van der Waals surface area contributed by atoms with Crippen molar-refractivity contribution in [3.63, 3.8) is 0 Å². The molecule has 0 bridgehead atoms. The van der Waals surface area contributed by atoms with E-state index in [4.69, 9.17) is 14.5 Å². The molecule has 4 nitrogen and oxygen atoms in total. The van der Waals surface area contributed by atoms with E-state index < -0.39 is 0 Å². The van der Waals surface area contributed by atoms with Crippen molar-refractivity contribution in [2.45, 2.75) is 0 Å². The Morgan fingerprint density at radius 3 is 2.29 bits per heavy atom. The number of pyridine rings is 1. The molecule has 0 aliphatic heterocycles. The van der Waals surface area contributed by atoms with Crippen molar-refractivity contribution in [2.24, 2.45) is 0 Å². The molecule has 0 aliphatic carbocycles. The molecule has 148 valence electrons. The maximum atomic E-state index is 5.79. The van der Waals surface area contributed by atoms with Crippen LogP contribution in [0.5, 0.6) is 0 Å². The molecule has 0 unspecified atom stereocenters. The van der Waals surface area contributed by atoms with Crippen LogP contribution in [0, 0.1) is 0 Å². The third-order valence-corrected chi connectivity index (χ3v) is 5.92. The van der Waals surface area contributed by atoms with E-state index >= 15 is 0 Å². The fourth-order valence-corrected chi connectivity index (χ4v) is 4.26. The molecule has 0 saturated carbocycles. The fourth-order valence-electron chi connectivity index (χ4n) is 4.00. The molecule has 0 spiro atoms. The third kappa shape index (κ3) is 2.97. The average molecular weight is 466 g/mol. The summed E-state index contributed by atoms with van der Waals surface area (Å²) in [6.07, 6.45) is 1.68. The number of rotatable bonds is 3. The molecular formula is C26H16BrN3O. The van der Waals surface area contributed by atoms with Gasteiger partial charge < -0.3 is 4.42 Å². The second kappa shape index (κ2) is 7.22. The van der Waals surface area contributed by atoms with E-state index in [1.807, 2.05) is 65.3 Å². The van der Waals surface area contributed by atoms with E-state index in [2.05, 4.69) is 46.3 Å². The number of hydrogen-bond acceptors (Lipinski definition) is 3. The first-order valence-corrected chi connectivity index (χ1v) is 10.8. The molecule has 0 N–H and O–H groups in total. The first kappa shape index (κ1) is 18.1. The molecule has 5 heteroatoms. The molecule has 6 aromatic rings. The van der Waals surface area contributed by atoms with Crippen LogP contribution in [0.4, 0.5) is 0 Å². The highest BCUT2D eigenvalue weighted by atomic mass is 79.9. The summed E-state index contributed by atoms with van der Waals surface area (Å²) in [6.45, 7) is 0. The van der Waals surface area contributed by atoms with Gasteiger partial charge in [0.2, 0.25) is 0 Å². The summed E-state index contributed by atoms with van der Waals surface area (Å²) in [6, 6.07) is 30.4. The molecule has 31 heavy (non-hydrogen) atoms. The molecule has 3 aromatic heterocycles. The number of benzene rings is 3. The van der Waals surface area contributed by atoms with Crippen molar-refractivity contribution in [3.8, 4) is 28.4 Å². The zero-order chi connectivity index (χ0) is 20.8. The smallest absolute Gasteiger partial charge is 0.153 e. The van der Waals surface area contributed by atoms with E-state index in [1.54, 1.807) is 6.26 Å². The lowest BCUT2D eigenvalue weighted by atomic mass is 10.0. The first-order valence-electron chi connectivity index (χ1n) is 9.96. The van der Waals surface area contributed by atoms with Crippen LogP contribution >= 0.6 is 15.9 Å². The van der Waals surface area contributed by atoms with Gasteiger partial charge in [0.05, 0.1) is 28.4 Å². The maximum Gasteiger partial charge on any atom is 0.153 e. The van der Waals surface area contributed by atoms with Gasteiger partial charge in [-0.3, -0.25) is 0 Å². The van der Waals surface area contributed by atoms with Gasteiger partial charge in [0.15, 0.2) is 5.76 Å². The Kier molecular flexibility index (Phi) is 4.21. The monoisotopic (exact) mass is 465 g/mol. The van der Waals surface area contributed by atoms with Gasteiger partial charge in [-0.1, -0.05) is 64.5 Å². The minimum absolute atomic E-state index is 0.724. The van der Waals surface area contributed by atoms with Gasteiger partial charge >= 0.3 is 0 Å². The Hall–Kier alpha value is -3.70. The van der Waals surface area contributed by atoms with Crippen molar-refractivity contribution in [1.82, 2.24) is 14.8 Å². The average Bonchev–Trinajstić information content (AvgIpc) is 3.49. The Morgan fingerprint density at radius 2 is 1.52 bits per heavy atom. The van der Waals surface area contributed by atoms with Crippen molar-refractivity contribution in [1.29, 1.82) is 0 Å². The lowest BCUT2D eigenvalue weighted by Crippen LogP contribution is -1.97. The van der Waals surface area contributed by atoms with Gasteiger partial charge in [-0.15, -0.1) is 0 Å². The topological polar surface area (TPSA) is 43.9 Å². The molecule has 0 saturated heterocycles. The first-order chi connectivity index (χ1) is 15.3. The predicted octanol–water partition coefficient (Wildman–Crippen LogP) is 7.26. The Morgan fingerprint density at radius 1 is 0.742 bits per heavy atom. The lowest BCUT2D eigenvalue weighted by Gasteiger charge is -2.08. The molecule has 3 aromatic carbocycles. The van der Waals surface area contributed by atoms with Crippen LogP contribution in [-0.4, -0.2) is 14.8 Å². The van der Waals surface area contributed by atoms with E-state index in [9.17, 15) is 0 Å². The van der Waals surface area contributed by atoms with Gasteiger partial charge in [0.25, 0.3) is 0 Å². The van der Waals surface area contributed by atoms with Gasteiger partial charge in [0, 0.05) is 15.4 Å². The molecular weight excluding hydrogens is 450 g/mol. The number of para-hydroxylation sites is 2. The highest BCUT2D eigenvalue weighted by Crippen LogP contribution is 2.40. The lowest BCUT2D eigenvalue weighted by molar-refractivity contribution is 0.581. The van der Waals surface area contributed by atoms with Gasteiger partial charge in [0.1, 0.15) is 11.4 Å². The van der Waals surface area contributed by atoms with Crippen LogP contribution in [0.15, 0.2) is 106 Å². The third-order valence-electron chi connectivity index (χ3n) is 5.39. The predicted molar refractivity (Wildman–Crippen MR) is 127 cm³/mol. The maximum absolute atomic E-state index is 5.79. The summed E-state index contributed by atoms with van der Waals surface area (Å²) < 4.78 is 8.84. The van der Waals surface area contributed by atoms with E-state index in [0.29, 0.717) is 0 Å². The zero-order valence-corrected chi connectivity index (χ0v) is 18.0. The van der Waals surface area contributed by atoms with Gasteiger partial charge in [-0.2, -0.15) is 5.10 Å². The van der Waals surface area contributed by atoms with Crippen LogP contribution in [0.2, 0.25) is 0 Å². The Bertz CT molecular complexity index is 1520. The quantitative estimate of drug-likeness (QED) is 0.276. The van der Waals surface area contributed by atoms with Crippen molar-refractivity contribution < 1.29 is 4.42 Å². The minimum atomic E-state index is 0.724. The number of nitrogens with zero attached hydrogens (tertiary/aromatic N) is 3. The zero-order valence-electron chi connectivity index (χ0n) is 16.4. The summed E-state index contributed by atoms with van der Waals surface area (Å²) in [5.41, 5.74) is 5.60. The summed E-state index contributed by atoms with van der Waals surface area (Å²) in [5.74, 6) is 0.724. The van der Waals surface area contributed by atoms with Crippen molar-refractivity contribution in [3.05, 3.63) is 102 Å². The largest absolute Gasteiger partial charge is 0.463 e. The highest BCUT2D eigenvalue weighted by Gasteiger charge is 2.22. The molecule has 0 atom stereocenters.